The molecule has 1 aliphatic rings. The standard InChI is InChI=1S/C18H22N4OS/c1-18(2,3)15-11-24-16(21-15)12-4-6-22(7-5-12)17(23)13-8-14(9-19)20-10-13/h8,10-12,20H,4-7H2,1-3H3. The van der Waals surface area contributed by atoms with Gasteiger partial charge in [-0.3, -0.25) is 4.79 Å². The van der Waals surface area contributed by atoms with Crippen LogP contribution < -0.4 is 0 Å². The molecule has 3 rings (SSSR count). The minimum Gasteiger partial charge on any atom is -0.352 e. The lowest BCUT2D eigenvalue weighted by Crippen LogP contribution is -2.37. The lowest BCUT2D eigenvalue weighted by molar-refractivity contribution is 0.0713. The van der Waals surface area contributed by atoms with Crippen LogP contribution in [0.2, 0.25) is 0 Å². The smallest absolute Gasteiger partial charge is 0.255 e. The highest BCUT2D eigenvalue weighted by molar-refractivity contribution is 7.09. The Balaban J connectivity index is 1.62. The summed E-state index contributed by atoms with van der Waals surface area (Å²) in [5, 5.41) is 12.2. The summed E-state index contributed by atoms with van der Waals surface area (Å²) in [4.78, 5) is 22.0. The van der Waals surface area contributed by atoms with Crippen LogP contribution in [0.4, 0.5) is 0 Å². The molecular formula is C18H22N4OS. The number of carbonyl (C=O) groups excluding carboxylic acids is 1. The van der Waals surface area contributed by atoms with Crippen molar-refractivity contribution < 1.29 is 4.79 Å². The summed E-state index contributed by atoms with van der Waals surface area (Å²) in [5.74, 6) is 0.441. The van der Waals surface area contributed by atoms with E-state index in [1.165, 1.54) is 5.01 Å². The molecule has 1 fully saturated rings. The van der Waals surface area contributed by atoms with Gasteiger partial charge >= 0.3 is 0 Å². The quantitative estimate of drug-likeness (QED) is 0.905. The molecule has 2 aromatic heterocycles. The Morgan fingerprint density at radius 1 is 1.42 bits per heavy atom. The van der Waals surface area contributed by atoms with Crippen molar-refractivity contribution in [2.24, 2.45) is 0 Å². The molecule has 0 bridgehead atoms. The minimum absolute atomic E-state index is 0.000666. The molecule has 1 aliphatic heterocycles. The van der Waals surface area contributed by atoms with Crippen LogP contribution in [0.25, 0.3) is 0 Å². The molecule has 0 radical (unpaired) electrons. The van der Waals surface area contributed by atoms with E-state index >= 15 is 0 Å². The molecule has 2 aromatic rings. The molecule has 1 saturated heterocycles. The molecule has 3 heterocycles. The zero-order valence-electron chi connectivity index (χ0n) is 14.3. The van der Waals surface area contributed by atoms with Crippen molar-refractivity contribution in [3.05, 3.63) is 39.6 Å². The van der Waals surface area contributed by atoms with Crippen molar-refractivity contribution in [2.75, 3.05) is 13.1 Å². The summed E-state index contributed by atoms with van der Waals surface area (Å²) < 4.78 is 0. The number of amides is 1. The van der Waals surface area contributed by atoms with Gasteiger partial charge in [-0.05, 0) is 18.9 Å². The molecule has 0 spiro atoms. The van der Waals surface area contributed by atoms with Crippen molar-refractivity contribution in [3.8, 4) is 6.07 Å². The first-order chi connectivity index (χ1) is 11.4. The fourth-order valence-corrected chi connectivity index (χ4v) is 4.13. The maximum Gasteiger partial charge on any atom is 0.255 e. The SMILES string of the molecule is CC(C)(C)c1csc(C2CCN(C(=O)c3c[nH]c(C#N)c3)CC2)n1. The van der Waals surface area contributed by atoms with E-state index < -0.39 is 0 Å². The fourth-order valence-electron chi connectivity index (χ4n) is 2.91. The largest absolute Gasteiger partial charge is 0.352 e. The van der Waals surface area contributed by atoms with Crippen molar-refractivity contribution in [3.63, 3.8) is 0 Å². The second-order valence-electron chi connectivity index (χ2n) is 7.30. The third-order valence-corrected chi connectivity index (χ3v) is 5.48. The number of nitrogens with zero attached hydrogens (tertiary/aromatic N) is 3. The number of carbonyl (C=O) groups is 1. The summed E-state index contributed by atoms with van der Waals surface area (Å²) in [6.07, 6.45) is 3.50. The van der Waals surface area contributed by atoms with Crippen molar-refractivity contribution in [2.45, 2.75) is 44.9 Å². The highest BCUT2D eigenvalue weighted by Crippen LogP contribution is 2.33. The number of aromatic amines is 1. The van der Waals surface area contributed by atoms with E-state index in [1.807, 2.05) is 11.0 Å². The molecule has 24 heavy (non-hydrogen) atoms. The maximum atomic E-state index is 12.5. The zero-order chi connectivity index (χ0) is 17.3. The second-order valence-corrected chi connectivity index (χ2v) is 8.19. The first-order valence-electron chi connectivity index (χ1n) is 8.22. The Bertz CT molecular complexity index is 770. The first kappa shape index (κ1) is 16.7. The summed E-state index contributed by atoms with van der Waals surface area (Å²) >= 11 is 1.74. The molecule has 0 aromatic carbocycles. The number of H-pyrrole nitrogens is 1. The third kappa shape index (κ3) is 3.36. The van der Waals surface area contributed by atoms with Gasteiger partial charge in [-0.15, -0.1) is 11.3 Å². The number of nitrogens with one attached hydrogen (secondary N) is 1. The first-order valence-corrected chi connectivity index (χ1v) is 9.10. The molecule has 1 amide bonds. The van der Waals surface area contributed by atoms with Gasteiger partial charge in [0.2, 0.25) is 0 Å². The topological polar surface area (TPSA) is 72.8 Å². The third-order valence-electron chi connectivity index (χ3n) is 4.47. The van der Waals surface area contributed by atoms with Crippen LogP contribution in [0.15, 0.2) is 17.6 Å². The Morgan fingerprint density at radius 2 is 2.12 bits per heavy atom. The van der Waals surface area contributed by atoms with Crippen LogP contribution in [0.3, 0.4) is 0 Å². The van der Waals surface area contributed by atoms with Crippen LogP contribution in [0.1, 0.15) is 66.3 Å². The van der Waals surface area contributed by atoms with Gasteiger partial charge in [0, 0.05) is 36.0 Å². The zero-order valence-corrected chi connectivity index (χ0v) is 15.1. The highest BCUT2D eigenvalue weighted by atomic mass is 32.1. The average molecular weight is 342 g/mol. The number of hydrogen-bond acceptors (Lipinski definition) is 4. The fraction of sp³-hybridized carbons (Fsp3) is 0.500. The summed E-state index contributed by atoms with van der Waals surface area (Å²) in [5.41, 5.74) is 2.22. The number of nitriles is 1. The van der Waals surface area contributed by atoms with Gasteiger partial charge in [-0.1, -0.05) is 20.8 Å². The lowest BCUT2D eigenvalue weighted by atomic mass is 9.93. The predicted octanol–water partition coefficient (Wildman–Crippen LogP) is 3.66. The Kier molecular flexibility index (Phi) is 4.46. The second kappa shape index (κ2) is 6.40. The Morgan fingerprint density at radius 3 is 2.67 bits per heavy atom. The van der Waals surface area contributed by atoms with E-state index in [0.717, 1.165) is 31.6 Å². The average Bonchev–Trinajstić information content (AvgIpc) is 3.23. The van der Waals surface area contributed by atoms with Crippen LogP contribution in [-0.2, 0) is 5.41 Å². The molecule has 1 N–H and O–H groups in total. The number of thiazole rings is 1. The molecule has 0 atom stereocenters. The van der Waals surface area contributed by atoms with Crippen LogP contribution in [-0.4, -0.2) is 33.9 Å². The van der Waals surface area contributed by atoms with Gasteiger partial charge in [0.05, 0.1) is 16.3 Å². The van der Waals surface area contributed by atoms with Crippen LogP contribution in [0, 0.1) is 11.3 Å². The number of hydrogen-bond donors (Lipinski definition) is 1. The number of piperidine rings is 1. The molecule has 0 saturated carbocycles. The van der Waals surface area contributed by atoms with Gasteiger partial charge in [0.25, 0.3) is 5.91 Å². The maximum absolute atomic E-state index is 12.5. The molecule has 5 nitrogen and oxygen atoms in total. The molecule has 0 unspecified atom stereocenters. The highest BCUT2D eigenvalue weighted by Gasteiger charge is 2.28. The molecule has 126 valence electrons. The lowest BCUT2D eigenvalue weighted by Gasteiger charge is -2.31. The van der Waals surface area contributed by atoms with E-state index in [4.69, 9.17) is 10.2 Å². The van der Waals surface area contributed by atoms with Crippen LogP contribution in [0.5, 0.6) is 0 Å². The van der Waals surface area contributed by atoms with Crippen LogP contribution >= 0.6 is 11.3 Å². The number of likely N-dealkylation sites (tertiary alicyclic amines) is 1. The summed E-state index contributed by atoms with van der Waals surface area (Å²) in [6, 6.07) is 3.63. The molecule has 6 heteroatoms. The Hall–Kier alpha value is -2.13. The predicted molar refractivity (Wildman–Crippen MR) is 94.2 cm³/mol. The van der Waals surface area contributed by atoms with E-state index in [0.29, 0.717) is 17.2 Å². The van der Waals surface area contributed by atoms with Crippen molar-refractivity contribution in [1.82, 2.24) is 14.9 Å². The normalized spacial score (nSPS) is 16.2. The van der Waals surface area contributed by atoms with E-state index in [2.05, 4.69) is 31.1 Å². The van der Waals surface area contributed by atoms with E-state index in [9.17, 15) is 4.79 Å². The number of rotatable bonds is 2. The Labute approximate surface area is 146 Å². The van der Waals surface area contributed by atoms with Gasteiger partial charge in [-0.2, -0.15) is 5.26 Å². The van der Waals surface area contributed by atoms with Crippen molar-refractivity contribution >= 4 is 17.2 Å². The van der Waals surface area contributed by atoms with E-state index in [-0.39, 0.29) is 11.3 Å². The summed E-state index contributed by atoms with van der Waals surface area (Å²) in [6.45, 7) is 8.01. The van der Waals surface area contributed by atoms with Gasteiger partial charge in [0.1, 0.15) is 11.8 Å². The van der Waals surface area contributed by atoms with Crippen molar-refractivity contribution in [1.29, 1.82) is 5.26 Å². The minimum atomic E-state index is 0.000666. The monoisotopic (exact) mass is 342 g/mol. The number of aromatic nitrogens is 2. The molecule has 0 aliphatic carbocycles. The van der Waals surface area contributed by atoms with Gasteiger partial charge < -0.3 is 9.88 Å². The molecular weight excluding hydrogens is 320 g/mol. The van der Waals surface area contributed by atoms with Gasteiger partial charge in [-0.25, -0.2) is 4.98 Å². The van der Waals surface area contributed by atoms with Gasteiger partial charge in [0.15, 0.2) is 0 Å². The van der Waals surface area contributed by atoms with E-state index in [1.54, 1.807) is 23.6 Å². The summed E-state index contributed by atoms with van der Waals surface area (Å²) in [7, 11) is 0.